The number of hydrogen-bond donors (Lipinski definition) is 3. The van der Waals surface area contributed by atoms with Crippen molar-refractivity contribution >= 4 is 35.3 Å². The number of aromatic nitrogens is 2. The van der Waals surface area contributed by atoms with Crippen molar-refractivity contribution in [3.63, 3.8) is 0 Å². The predicted molar refractivity (Wildman–Crippen MR) is 120 cm³/mol. The number of aromatic amines is 1. The molecular formula is C21H29N8O2+. The first-order valence-corrected chi connectivity index (χ1v) is 10.5. The Morgan fingerprint density at radius 2 is 2.03 bits per heavy atom. The van der Waals surface area contributed by atoms with E-state index in [2.05, 4.69) is 47.7 Å². The zero-order valence-corrected chi connectivity index (χ0v) is 17.7. The second-order valence-electron chi connectivity index (χ2n) is 7.74. The Kier molecular flexibility index (Phi) is 6.34. The number of benzene rings is 1. The fourth-order valence-electron chi connectivity index (χ4n) is 4.09. The maximum atomic E-state index is 12.5. The van der Waals surface area contributed by atoms with Gasteiger partial charge in [0.15, 0.2) is 0 Å². The number of nitrogens with two attached hydrogens (primary N) is 1. The van der Waals surface area contributed by atoms with E-state index in [-0.39, 0.29) is 12.1 Å². The first-order chi connectivity index (χ1) is 15.1. The molecule has 0 spiro atoms. The molecule has 2 aromatic rings. The third-order valence-electron chi connectivity index (χ3n) is 5.66. The highest BCUT2D eigenvalue weighted by Gasteiger charge is 2.31. The van der Waals surface area contributed by atoms with Crippen LogP contribution in [0.25, 0.3) is 0 Å². The molecule has 0 bridgehead atoms. The van der Waals surface area contributed by atoms with Gasteiger partial charge in [0.25, 0.3) is 0 Å². The topological polar surface area (TPSA) is 122 Å². The summed E-state index contributed by atoms with van der Waals surface area (Å²) in [4.78, 5) is 28.9. The van der Waals surface area contributed by atoms with Crippen LogP contribution in [0.5, 0.6) is 0 Å². The van der Waals surface area contributed by atoms with Crippen LogP contribution in [0, 0.1) is 0 Å². The summed E-state index contributed by atoms with van der Waals surface area (Å²) in [6, 6.07) is 7.82. The summed E-state index contributed by atoms with van der Waals surface area (Å²) in [6.45, 7) is 3.62. The summed E-state index contributed by atoms with van der Waals surface area (Å²) < 4.78 is 0. The molecule has 2 saturated heterocycles. The van der Waals surface area contributed by atoms with Crippen LogP contribution in [0.1, 0.15) is 24.8 Å². The van der Waals surface area contributed by atoms with Crippen molar-refractivity contribution in [1.82, 2.24) is 10.3 Å². The minimum atomic E-state index is -0.208. The van der Waals surface area contributed by atoms with E-state index in [1.807, 2.05) is 12.1 Å². The lowest BCUT2D eigenvalue weighted by Gasteiger charge is -2.18. The van der Waals surface area contributed by atoms with Crippen LogP contribution in [0.3, 0.4) is 0 Å². The molecule has 0 radical (unpaired) electrons. The molecule has 31 heavy (non-hydrogen) atoms. The van der Waals surface area contributed by atoms with Gasteiger partial charge in [-0.25, -0.2) is 9.78 Å². The average molecular weight is 426 g/mol. The first kappa shape index (κ1) is 20.7. The van der Waals surface area contributed by atoms with Gasteiger partial charge in [0, 0.05) is 30.9 Å². The molecule has 1 aromatic carbocycles. The molecule has 4 rings (SSSR count). The van der Waals surface area contributed by atoms with Crippen LogP contribution >= 0.6 is 0 Å². The number of nitrogens with one attached hydrogen (secondary N) is 3. The number of oxime groups is 1. The van der Waals surface area contributed by atoms with Crippen LogP contribution in [0.2, 0.25) is 0 Å². The zero-order valence-electron chi connectivity index (χ0n) is 17.7. The van der Waals surface area contributed by atoms with E-state index >= 15 is 0 Å². The Bertz CT molecular complexity index is 927. The van der Waals surface area contributed by atoms with Gasteiger partial charge < -0.3 is 26.1 Å². The highest BCUT2D eigenvalue weighted by Crippen LogP contribution is 2.23. The summed E-state index contributed by atoms with van der Waals surface area (Å²) in [5.74, 6) is 1.16. The normalized spacial score (nSPS) is 18.5. The van der Waals surface area contributed by atoms with Crippen molar-refractivity contribution in [2.45, 2.75) is 25.3 Å². The van der Waals surface area contributed by atoms with Crippen LogP contribution in [0.4, 0.5) is 27.8 Å². The fraction of sp³-hybridized carbons (Fsp3) is 0.429. The van der Waals surface area contributed by atoms with Crippen molar-refractivity contribution < 1.29 is 14.6 Å². The Hall–Kier alpha value is -3.56. The average Bonchev–Trinajstić information content (AvgIpc) is 3.46. The second-order valence-corrected chi connectivity index (χ2v) is 7.74. The van der Waals surface area contributed by atoms with Gasteiger partial charge in [0.1, 0.15) is 12.7 Å². The first-order valence-electron chi connectivity index (χ1n) is 10.5. The molecule has 10 nitrogen and oxygen atoms in total. The molecule has 2 amide bonds. The lowest BCUT2D eigenvalue weighted by Crippen LogP contribution is -2.40. The largest absolute Gasteiger partial charge is 0.399 e. The molecular weight excluding hydrogens is 396 g/mol. The van der Waals surface area contributed by atoms with Gasteiger partial charge in [-0.15, -0.1) is 0 Å². The predicted octanol–water partition coefficient (Wildman–Crippen LogP) is 1.46. The van der Waals surface area contributed by atoms with E-state index in [9.17, 15) is 4.79 Å². The minimum absolute atomic E-state index is 0.0128. The summed E-state index contributed by atoms with van der Waals surface area (Å²) in [5.41, 5.74) is 8.64. The highest BCUT2D eigenvalue weighted by molar-refractivity contribution is 5.91. The monoisotopic (exact) mass is 425 g/mol. The van der Waals surface area contributed by atoms with E-state index in [0.717, 1.165) is 37.6 Å². The van der Waals surface area contributed by atoms with E-state index in [4.69, 9.17) is 10.6 Å². The van der Waals surface area contributed by atoms with Crippen molar-refractivity contribution in [3.05, 3.63) is 36.2 Å². The molecule has 2 fully saturated rings. The number of amides is 2. The summed E-state index contributed by atoms with van der Waals surface area (Å²) in [6.07, 6.45) is 6.39. The number of nitrogens with zero attached hydrogens (tertiary/aromatic N) is 4. The molecule has 2 aliphatic rings. The van der Waals surface area contributed by atoms with Gasteiger partial charge >= 0.3 is 6.03 Å². The van der Waals surface area contributed by atoms with Gasteiger partial charge in [0.05, 0.1) is 25.3 Å². The van der Waals surface area contributed by atoms with Gasteiger partial charge in [-0.2, -0.15) is 0 Å². The van der Waals surface area contributed by atoms with Crippen molar-refractivity contribution in [2.24, 2.45) is 5.16 Å². The van der Waals surface area contributed by atoms with E-state index < -0.39 is 0 Å². The van der Waals surface area contributed by atoms with Crippen LogP contribution < -0.4 is 31.2 Å². The number of rotatable bonds is 6. The Morgan fingerprint density at radius 1 is 1.26 bits per heavy atom. The van der Waals surface area contributed by atoms with E-state index in [1.165, 1.54) is 31.9 Å². The molecule has 10 heteroatoms. The lowest BCUT2D eigenvalue weighted by atomic mass is 10.2. The van der Waals surface area contributed by atoms with Crippen LogP contribution in [-0.2, 0) is 4.84 Å². The molecule has 3 heterocycles. The van der Waals surface area contributed by atoms with Gasteiger partial charge in [-0.05, 0) is 37.1 Å². The number of urea groups is 1. The fourth-order valence-corrected chi connectivity index (χ4v) is 4.09. The molecule has 0 aliphatic carbocycles. The molecule has 0 saturated carbocycles. The minimum Gasteiger partial charge on any atom is -0.399 e. The number of anilines is 4. The SMILES string of the molecule is CO/N=C/c1c(N)nc[nH+]c1N1CCC(NC(=O)Nc2ccc(N3CCCC3)cc2)C1. The standard InChI is InChI=1S/C21H28N8O2/c1-31-25-12-18-19(22)23-14-24-20(18)29-11-8-16(13-29)27-21(30)26-15-4-6-17(7-5-15)28-9-2-3-10-28/h4-7,12,14,16H,2-3,8-11,13H2,1H3,(H2,22,23,24)(H2,26,27,30)/p+1/b25-12+. The Balaban J connectivity index is 1.33. The summed E-state index contributed by atoms with van der Waals surface area (Å²) >= 11 is 0. The van der Waals surface area contributed by atoms with Gasteiger partial charge in [0.2, 0.25) is 18.0 Å². The maximum Gasteiger partial charge on any atom is 0.319 e. The van der Waals surface area contributed by atoms with Crippen molar-refractivity contribution in [2.75, 3.05) is 54.1 Å². The van der Waals surface area contributed by atoms with Crippen molar-refractivity contribution in [3.8, 4) is 0 Å². The number of carbonyl (C=O) groups is 1. The molecule has 164 valence electrons. The Morgan fingerprint density at radius 3 is 2.77 bits per heavy atom. The zero-order chi connectivity index (χ0) is 21.6. The third kappa shape index (κ3) is 4.96. The van der Waals surface area contributed by atoms with Gasteiger partial charge in [-0.3, -0.25) is 4.90 Å². The number of H-pyrrole nitrogens is 1. The molecule has 1 atom stereocenters. The maximum absolute atomic E-state index is 12.5. The molecule has 5 N–H and O–H groups in total. The van der Waals surface area contributed by atoms with Crippen molar-refractivity contribution in [1.29, 1.82) is 0 Å². The third-order valence-corrected chi connectivity index (χ3v) is 5.66. The lowest BCUT2D eigenvalue weighted by molar-refractivity contribution is -0.368. The number of nitrogen functional groups attached to an aromatic ring is 1. The van der Waals surface area contributed by atoms with Crippen LogP contribution in [-0.4, -0.2) is 56.6 Å². The summed E-state index contributed by atoms with van der Waals surface area (Å²) in [5, 5.41) is 9.79. The summed E-state index contributed by atoms with van der Waals surface area (Å²) in [7, 11) is 1.47. The molecule has 1 aromatic heterocycles. The smallest absolute Gasteiger partial charge is 0.319 e. The van der Waals surface area contributed by atoms with E-state index in [0.29, 0.717) is 17.9 Å². The number of hydrogen-bond acceptors (Lipinski definition) is 7. The quantitative estimate of drug-likeness (QED) is 0.476. The number of carbonyl (C=O) groups excluding carboxylic acids is 1. The highest BCUT2D eigenvalue weighted by atomic mass is 16.6. The second kappa shape index (κ2) is 9.50. The molecule has 2 aliphatic heterocycles. The van der Waals surface area contributed by atoms with Crippen LogP contribution in [0.15, 0.2) is 35.7 Å². The van der Waals surface area contributed by atoms with E-state index in [1.54, 1.807) is 6.33 Å². The molecule has 1 unspecified atom stereocenters. The Labute approximate surface area is 181 Å². The van der Waals surface area contributed by atoms with Gasteiger partial charge in [-0.1, -0.05) is 10.1 Å².